The second-order valence-electron chi connectivity index (χ2n) is 1.85. The molecule has 0 aliphatic rings. The van der Waals surface area contributed by atoms with Crippen molar-refractivity contribution in [3.63, 3.8) is 0 Å². The molecule has 0 amide bonds. The van der Waals surface area contributed by atoms with E-state index in [1.165, 1.54) is 6.17 Å². The normalized spacial score (nSPS) is 11.2. The van der Waals surface area contributed by atoms with Gasteiger partial charge in [0.15, 0.2) is 0 Å². The van der Waals surface area contributed by atoms with Gasteiger partial charge in [0, 0.05) is 22.6 Å². The second kappa shape index (κ2) is 7.14. The zero-order valence-corrected chi connectivity index (χ0v) is 7.24. The maximum Gasteiger partial charge on any atom is 0.0334 e. The Kier molecular flexibility index (Phi) is 7.26. The fourth-order valence-electron chi connectivity index (χ4n) is 0.515. The number of hydrogen-bond donors (Lipinski definition) is 2. The average molecular weight is 132 g/mol. The average Bonchev–Trinajstić information content (AvgIpc) is 1.81. The van der Waals surface area contributed by atoms with Gasteiger partial charge in [-0.25, -0.2) is 0 Å². The van der Waals surface area contributed by atoms with E-state index >= 15 is 0 Å². The van der Waals surface area contributed by atoms with Gasteiger partial charge in [-0.1, -0.05) is 6.55 Å². The van der Waals surface area contributed by atoms with Gasteiger partial charge in [-0.05, 0) is 13.2 Å². The Labute approximate surface area is 53.9 Å². The van der Waals surface area contributed by atoms with Gasteiger partial charge in [0.25, 0.3) is 0 Å². The molecule has 3 heteroatoms. The highest BCUT2D eigenvalue weighted by molar-refractivity contribution is 6.33. The van der Waals surface area contributed by atoms with E-state index in [4.69, 9.17) is 0 Å². The minimum absolute atomic E-state index is 0.247. The summed E-state index contributed by atoms with van der Waals surface area (Å²) < 4.78 is 0. The van der Waals surface area contributed by atoms with Gasteiger partial charge in [0.05, 0.1) is 0 Å². The van der Waals surface area contributed by atoms with E-state index in [9.17, 15) is 0 Å². The van der Waals surface area contributed by atoms with Crippen molar-refractivity contribution in [2.24, 2.45) is 0 Å². The predicted octanol–water partition coefficient (Wildman–Crippen LogP) is -1.03. The topological polar surface area (TPSA) is 24.1 Å². The predicted molar refractivity (Wildman–Crippen MR) is 41.2 cm³/mol. The maximum atomic E-state index is 3.34. The molecule has 0 aromatic rings. The van der Waals surface area contributed by atoms with E-state index in [1.807, 2.05) is 7.05 Å². The molecule has 50 valence electrons. The molecule has 0 radical (unpaired) electrons. The van der Waals surface area contributed by atoms with E-state index in [2.05, 4.69) is 17.2 Å². The largest absolute Gasteiger partial charge is 0.319 e. The zero-order chi connectivity index (χ0) is 6.24. The first kappa shape index (κ1) is 8.14. The van der Waals surface area contributed by atoms with Crippen molar-refractivity contribution in [3.05, 3.63) is 0 Å². The van der Waals surface area contributed by atoms with Crippen molar-refractivity contribution < 1.29 is 0 Å². The summed E-state index contributed by atoms with van der Waals surface area (Å²) in [7, 11) is 2.22. The highest BCUT2D eigenvalue weighted by Crippen LogP contribution is 1.55. The fraction of sp³-hybridized carbons (Fsp3) is 1.00. The summed E-state index contributed by atoms with van der Waals surface area (Å²) >= 11 is 0. The van der Waals surface area contributed by atoms with Gasteiger partial charge in [-0.2, -0.15) is 0 Å². The molecule has 0 aliphatic carbocycles. The smallest absolute Gasteiger partial charge is 0.0334 e. The SMILES string of the molecule is CNCCNC[SiH2]C. The Morgan fingerprint density at radius 3 is 2.62 bits per heavy atom. The third-order valence-corrected chi connectivity index (χ3v) is 1.83. The third kappa shape index (κ3) is 6.14. The van der Waals surface area contributed by atoms with Gasteiger partial charge < -0.3 is 10.6 Å². The summed E-state index contributed by atoms with van der Waals surface area (Å²) in [5.41, 5.74) is 0. The first-order chi connectivity index (χ1) is 3.91. The fourth-order valence-corrected chi connectivity index (χ4v) is 1.12. The third-order valence-electron chi connectivity index (χ3n) is 0.979. The molecule has 0 saturated carbocycles. The van der Waals surface area contributed by atoms with Crippen LogP contribution in [0, 0.1) is 0 Å². The van der Waals surface area contributed by atoms with Crippen molar-refractivity contribution in [1.82, 2.24) is 10.6 Å². The van der Waals surface area contributed by atoms with Crippen molar-refractivity contribution in [3.8, 4) is 0 Å². The molecule has 0 aromatic carbocycles. The van der Waals surface area contributed by atoms with Crippen LogP contribution in [0.2, 0.25) is 6.55 Å². The van der Waals surface area contributed by atoms with E-state index < -0.39 is 0 Å². The zero-order valence-electron chi connectivity index (χ0n) is 5.83. The molecule has 0 saturated heterocycles. The Morgan fingerprint density at radius 2 is 2.12 bits per heavy atom. The second-order valence-corrected chi connectivity index (χ2v) is 3.35. The summed E-state index contributed by atoms with van der Waals surface area (Å²) in [4.78, 5) is 0. The molecule has 0 heterocycles. The summed E-state index contributed by atoms with van der Waals surface area (Å²) in [5, 5.41) is 6.41. The van der Waals surface area contributed by atoms with Crippen LogP contribution >= 0.6 is 0 Å². The lowest BCUT2D eigenvalue weighted by Crippen LogP contribution is -2.27. The number of nitrogens with one attached hydrogen (secondary N) is 2. The lowest BCUT2D eigenvalue weighted by molar-refractivity contribution is 0.703. The molecule has 0 atom stereocenters. The Bertz CT molecular complexity index is 35.4. The molecule has 0 rings (SSSR count). The molecule has 2 N–H and O–H groups in total. The lowest BCUT2D eigenvalue weighted by Gasteiger charge is -1.99. The monoisotopic (exact) mass is 132 g/mol. The maximum absolute atomic E-state index is 3.34. The number of rotatable bonds is 5. The molecule has 0 aliphatic heterocycles. The van der Waals surface area contributed by atoms with Crippen LogP contribution in [0.25, 0.3) is 0 Å². The molecule has 0 fully saturated rings. The minimum atomic E-state index is 0.247. The van der Waals surface area contributed by atoms with Crippen LogP contribution in [0.15, 0.2) is 0 Å². The number of hydrogen-bond acceptors (Lipinski definition) is 2. The first-order valence-corrected chi connectivity index (χ1v) is 5.68. The summed E-state index contributed by atoms with van der Waals surface area (Å²) in [5.74, 6) is 0. The van der Waals surface area contributed by atoms with Crippen LogP contribution in [0.3, 0.4) is 0 Å². The van der Waals surface area contributed by atoms with Gasteiger partial charge in [0.1, 0.15) is 0 Å². The molecule has 8 heavy (non-hydrogen) atoms. The molecule has 0 spiro atoms. The van der Waals surface area contributed by atoms with Crippen LogP contribution < -0.4 is 10.6 Å². The van der Waals surface area contributed by atoms with Crippen LogP contribution in [-0.4, -0.2) is 35.8 Å². The van der Waals surface area contributed by atoms with Crippen molar-refractivity contribution in [2.75, 3.05) is 26.3 Å². The van der Waals surface area contributed by atoms with Gasteiger partial charge in [-0.3, -0.25) is 0 Å². The Morgan fingerprint density at radius 1 is 1.38 bits per heavy atom. The van der Waals surface area contributed by atoms with Gasteiger partial charge >= 0.3 is 0 Å². The van der Waals surface area contributed by atoms with Crippen molar-refractivity contribution in [1.29, 1.82) is 0 Å². The lowest BCUT2D eigenvalue weighted by atomic mass is 10.6. The van der Waals surface area contributed by atoms with Crippen LogP contribution in [-0.2, 0) is 0 Å². The van der Waals surface area contributed by atoms with Crippen molar-refractivity contribution in [2.45, 2.75) is 6.55 Å². The van der Waals surface area contributed by atoms with Crippen LogP contribution in [0.5, 0.6) is 0 Å². The summed E-state index contributed by atoms with van der Waals surface area (Å²) in [6.07, 6.45) is 1.28. The highest BCUT2D eigenvalue weighted by Gasteiger charge is 1.80. The van der Waals surface area contributed by atoms with Crippen LogP contribution in [0.4, 0.5) is 0 Å². The molecular formula is C5H16N2Si. The minimum Gasteiger partial charge on any atom is -0.319 e. The Hall–Kier alpha value is 0.137. The summed E-state index contributed by atoms with van der Waals surface area (Å²) in [6.45, 7) is 4.53. The molecule has 0 aromatic heterocycles. The highest BCUT2D eigenvalue weighted by atomic mass is 28.2. The van der Waals surface area contributed by atoms with Gasteiger partial charge in [0.2, 0.25) is 0 Å². The summed E-state index contributed by atoms with van der Waals surface area (Å²) in [6, 6.07) is 0. The van der Waals surface area contributed by atoms with Crippen molar-refractivity contribution >= 4 is 9.52 Å². The first-order valence-electron chi connectivity index (χ1n) is 3.27. The van der Waals surface area contributed by atoms with E-state index in [1.54, 1.807) is 0 Å². The van der Waals surface area contributed by atoms with E-state index in [0.717, 1.165) is 13.1 Å². The van der Waals surface area contributed by atoms with E-state index in [-0.39, 0.29) is 9.52 Å². The molecule has 0 bridgehead atoms. The molecule has 0 unspecified atom stereocenters. The Balaban J connectivity index is 2.53. The van der Waals surface area contributed by atoms with Gasteiger partial charge in [-0.15, -0.1) is 0 Å². The van der Waals surface area contributed by atoms with Crippen LogP contribution in [0.1, 0.15) is 0 Å². The number of likely N-dealkylation sites (N-methyl/N-ethyl adjacent to an activating group) is 1. The standard InChI is InChI=1S/C5H16N2Si/c1-6-3-4-7-5-8-2/h6-7H,3-5,8H2,1-2H3. The molecular weight excluding hydrogens is 116 g/mol. The molecule has 2 nitrogen and oxygen atoms in total. The quantitative estimate of drug-likeness (QED) is 0.369. The van der Waals surface area contributed by atoms with E-state index in [0.29, 0.717) is 0 Å².